The molecule has 26 heavy (non-hydrogen) atoms. The van der Waals surface area contributed by atoms with Gasteiger partial charge in [0.2, 0.25) is 0 Å². The Morgan fingerprint density at radius 2 is 1.85 bits per heavy atom. The lowest BCUT2D eigenvalue weighted by atomic mass is 10.0. The number of aryl methyl sites for hydroxylation is 1. The maximum atomic E-state index is 13.3. The summed E-state index contributed by atoms with van der Waals surface area (Å²) in [5.74, 6) is -0.519. The minimum Gasteiger partial charge on any atom is -0.452 e. The molecule has 3 atom stereocenters. The molecular weight excluding hydrogens is 331 g/mol. The number of esters is 1. The van der Waals surface area contributed by atoms with Crippen molar-refractivity contribution in [2.24, 2.45) is 13.0 Å². The minimum absolute atomic E-state index is 0.147. The van der Waals surface area contributed by atoms with E-state index in [1.807, 2.05) is 43.6 Å². The summed E-state index contributed by atoms with van der Waals surface area (Å²) in [7, 11) is 1.86. The van der Waals surface area contributed by atoms with Crippen molar-refractivity contribution in [2.75, 3.05) is 0 Å². The molecule has 0 radical (unpaired) electrons. The topological polar surface area (TPSA) is 44.1 Å². The molecule has 1 heterocycles. The maximum Gasteiger partial charge on any atom is 0.310 e. The molecule has 1 fully saturated rings. The van der Waals surface area contributed by atoms with E-state index in [0.29, 0.717) is 0 Å². The molecule has 3 aromatic rings. The first-order valence-electron chi connectivity index (χ1n) is 8.61. The first-order chi connectivity index (χ1) is 12.6. The lowest BCUT2D eigenvalue weighted by Crippen LogP contribution is -2.15. The van der Waals surface area contributed by atoms with Gasteiger partial charge in [0, 0.05) is 19.2 Å². The molecule has 0 N–H and O–H groups in total. The van der Waals surface area contributed by atoms with Gasteiger partial charge < -0.3 is 4.74 Å². The van der Waals surface area contributed by atoms with Gasteiger partial charge in [0.15, 0.2) is 6.10 Å². The Morgan fingerprint density at radius 1 is 1.15 bits per heavy atom. The average molecular weight is 350 g/mol. The van der Waals surface area contributed by atoms with Crippen LogP contribution in [-0.4, -0.2) is 15.7 Å². The Balaban J connectivity index is 1.53. The fraction of sp³-hybridized carbons (Fsp3) is 0.238. The normalized spacial score (nSPS) is 19.8. The number of hydrogen-bond acceptors (Lipinski definition) is 3. The highest BCUT2D eigenvalue weighted by molar-refractivity contribution is 5.78. The van der Waals surface area contributed by atoms with Crippen LogP contribution in [0.3, 0.4) is 0 Å². The van der Waals surface area contributed by atoms with Gasteiger partial charge in [-0.1, -0.05) is 42.5 Å². The summed E-state index contributed by atoms with van der Waals surface area (Å²) < 4.78 is 20.9. The summed E-state index contributed by atoms with van der Waals surface area (Å²) in [5.41, 5.74) is 2.68. The Hall–Kier alpha value is -2.95. The molecule has 2 aromatic carbocycles. The van der Waals surface area contributed by atoms with Gasteiger partial charge >= 0.3 is 5.97 Å². The highest BCUT2D eigenvalue weighted by Gasteiger charge is 2.46. The van der Waals surface area contributed by atoms with E-state index < -0.39 is 6.10 Å². The Bertz CT molecular complexity index is 905. The third-order valence-corrected chi connectivity index (χ3v) is 4.76. The van der Waals surface area contributed by atoms with Gasteiger partial charge in [0.25, 0.3) is 0 Å². The standard InChI is InChI=1S/C21H19FN2O2/c1-24-13-16(12-23-24)18-11-19(18)21(25)26-20(14-5-3-2-4-6-14)15-7-9-17(22)10-8-15/h2-10,12-13,18-20H,11H2,1H3/t18-,19-,20+/m0/s1. The van der Waals surface area contributed by atoms with Gasteiger partial charge in [-0.05, 0) is 35.2 Å². The quantitative estimate of drug-likeness (QED) is 0.654. The van der Waals surface area contributed by atoms with E-state index in [1.165, 1.54) is 12.1 Å². The second-order valence-electron chi connectivity index (χ2n) is 6.68. The monoisotopic (exact) mass is 350 g/mol. The van der Waals surface area contributed by atoms with Crippen molar-refractivity contribution < 1.29 is 13.9 Å². The van der Waals surface area contributed by atoms with Crippen LogP contribution < -0.4 is 0 Å². The van der Waals surface area contributed by atoms with Crippen LogP contribution in [0.2, 0.25) is 0 Å². The molecule has 1 saturated carbocycles. The number of carbonyl (C=O) groups excluding carboxylic acids is 1. The van der Waals surface area contributed by atoms with Crippen molar-refractivity contribution in [1.82, 2.24) is 9.78 Å². The molecule has 1 aliphatic rings. The molecule has 4 nitrogen and oxygen atoms in total. The lowest BCUT2D eigenvalue weighted by Gasteiger charge is -2.19. The van der Waals surface area contributed by atoms with Crippen LogP contribution in [0.5, 0.6) is 0 Å². The van der Waals surface area contributed by atoms with Crippen molar-refractivity contribution in [1.29, 1.82) is 0 Å². The number of nitrogens with zero attached hydrogens (tertiary/aromatic N) is 2. The first kappa shape index (κ1) is 16.5. The van der Waals surface area contributed by atoms with E-state index in [4.69, 9.17) is 4.74 Å². The Labute approximate surface area is 151 Å². The molecule has 0 unspecified atom stereocenters. The zero-order valence-electron chi connectivity index (χ0n) is 14.4. The van der Waals surface area contributed by atoms with Crippen LogP contribution in [0.15, 0.2) is 67.0 Å². The number of benzene rings is 2. The summed E-state index contributed by atoms with van der Waals surface area (Å²) in [4.78, 5) is 12.7. The summed E-state index contributed by atoms with van der Waals surface area (Å²) in [6.07, 6.45) is 3.97. The molecule has 0 amide bonds. The smallest absolute Gasteiger partial charge is 0.310 e. The SMILES string of the molecule is Cn1cc([C@@H]2C[C@@H]2C(=O)O[C@H](c2ccccc2)c2ccc(F)cc2)cn1. The average Bonchev–Trinajstić information content (AvgIpc) is 3.35. The third-order valence-electron chi connectivity index (χ3n) is 4.76. The van der Waals surface area contributed by atoms with E-state index in [1.54, 1.807) is 23.0 Å². The summed E-state index contributed by atoms with van der Waals surface area (Å²) >= 11 is 0. The van der Waals surface area contributed by atoms with Crippen LogP contribution in [0.1, 0.15) is 35.1 Å². The van der Waals surface area contributed by atoms with Crippen molar-refractivity contribution >= 4 is 5.97 Å². The van der Waals surface area contributed by atoms with Crippen LogP contribution in [0.25, 0.3) is 0 Å². The molecule has 4 rings (SSSR count). The largest absolute Gasteiger partial charge is 0.452 e. The van der Waals surface area contributed by atoms with Crippen molar-refractivity contribution in [2.45, 2.75) is 18.4 Å². The highest BCUT2D eigenvalue weighted by atomic mass is 19.1. The van der Waals surface area contributed by atoms with Crippen LogP contribution in [-0.2, 0) is 16.6 Å². The molecule has 0 bridgehead atoms. The first-order valence-corrected chi connectivity index (χ1v) is 8.61. The molecule has 1 aromatic heterocycles. The maximum absolute atomic E-state index is 13.3. The van der Waals surface area contributed by atoms with Crippen LogP contribution in [0, 0.1) is 11.7 Å². The summed E-state index contributed by atoms with van der Waals surface area (Å²) in [6.45, 7) is 0. The predicted octanol–water partition coefficient (Wildman–Crippen LogP) is 4.00. The van der Waals surface area contributed by atoms with E-state index in [2.05, 4.69) is 5.10 Å². The molecule has 0 aliphatic heterocycles. The fourth-order valence-corrected chi connectivity index (χ4v) is 3.25. The van der Waals surface area contributed by atoms with Crippen molar-refractivity contribution in [3.05, 3.63) is 89.5 Å². The van der Waals surface area contributed by atoms with Gasteiger partial charge in [0.05, 0.1) is 12.1 Å². The zero-order chi connectivity index (χ0) is 18.1. The number of carbonyl (C=O) groups is 1. The number of halogens is 1. The van der Waals surface area contributed by atoms with Crippen LogP contribution in [0.4, 0.5) is 4.39 Å². The van der Waals surface area contributed by atoms with E-state index in [0.717, 1.165) is 23.1 Å². The van der Waals surface area contributed by atoms with Crippen LogP contribution >= 0.6 is 0 Å². The van der Waals surface area contributed by atoms with Gasteiger partial charge in [0.1, 0.15) is 5.82 Å². The van der Waals surface area contributed by atoms with E-state index >= 15 is 0 Å². The van der Waals surface area contributed by atoms with Gasteiger partial charge in [-0.25, -0.2) is 4.39 Å². The highest BCUT2D eigenvalue weighted by Crippen LogP contribution is 2.48. The fourth-order valence-electron chi connectivity index (χ4n) is 3.25. The number of rotatable bonds is 5. The van der Waals surface area contributed by atoms with Crippen molar-refractivity contribution in [3.8, 4) is 0 Å². The lowest BCUT2D eigenvalue weighted by molar-refractivity contribution is -0.149. The van der Waals surface area contributed by atoms with E-state index in [-0.39, 0.29) is 23.6 Å². The van der Waals surface area contributed by atoms with E-state index in [9.17, 15) is 9.18 Å². The molecule has 132 valence electrons. The summed E-state index contributed by atoms with van der Waals surface area (Å²) in [6, 6.07) is 15.6. The second kappa shape index (κ2) is 6.75. The van der Waals surface area contributed by atoms with Crippen molar-refractivity contribution in [3.63, 3.8) is 0 Å². The van der Waals surface area contributed by atoms with Gasteiger partial charge in [-0.15, -0.1) is 0 Å². The second-order valence-corrected chi connectivity index (χ2v) is 6.68. The Morgan fingerprint density at radius 3 is 2.50 bits per heavy atom. The molecular formula is C21H19FN2O2. The zero-order valence-corrected chi connectivity index (χ0v) is 14.4. The number of aromatic nitrogens is 2. The minimum atomic E-state index is -0.542. The predicted molar refractivity (Wildman–Crippen MR) is 94.8 cm³/mol. The molecule has 5 heteroatoms. The number of ether oxygens (including phenoxy) is 1. The Kier molecular flexibility index (Phi) is 4.29. The van der Waals surface area contributed by atoms with Gasteiger partial charge in [-0.3, -0.25) is 9.48 Å². The third kappa shape index (κ3) is 3.38. The summed E-state index contributed by atoms with van der Waals surface area (Å²) in [5, 5.41) is 4.17. The number of hydrogen-bond donors (Lipinski definition) is 0. The molecule has 0 saturated heterocycles. The molecule has 1 aliphatic carbocycles. The molecule has 0 spiro atoms. The van der Waals surface area contributed by atoms with Gasteiger partial charge in [-0.2, -0.15) is 5.10 Å².